The highest BCUT2D eigenvalue weighted by atomic mass is 16.5. The highest BCUT2D eigenvalue weighted by Gasteiger charge is 2.21. The Morgan fingerprint density at radius 1 is 1.35 bits per heavy atom. The van der Waals surface area contributed by atoms with Gasteiger partial charge in [-0.3, -0.25) is 4.79 Å². The molecule has 0 radical (unpaired) electrons. The van der Waals surface area contributed by atoms with Crippen molar-refractivity contribution in [1.82, 2.24) is 15.2 Å². The van der Waals surface area contributed by atoms with Crippen LogP contribution in [0, 0.1) is 11.8 Å². The predicted molar refractivity (Wildman–Crippen MR) is 91.7 cm³/mol. The van der Waals surface area contributed by atoms with Gasteiger partial charge in [-0.15, -0.1) is 0 Å². The number of nitrogens with zero attached hydrogens (tertiary/aromatic N) is 2. The minimum atomic E-state index is -0.116. The summed E-state index contributed by atoms with van der Waals surface area (Å²) in [7, 11) is 1.53. The van der Waals surface area contributed by atoms with Gasteiger partial charge in [-0.25, -0.2) is 4.98 Å². The van der Waals surface area contributed by atoms with E-state index in [1.54, 1.807) is 18.3 Å². The van der Waals surface area contributed by atoms with E-state index in [0.717, 1.165) is 31.2 Å². The summed E-state index contributed by atoms with van der Waals surface area (Å²) in [5.74, 6) is 1.87. The van der Waals surface area contributed by atoms with Crippen LogP contribution >= 0.6 is 0 Å². The zero-order valence-electron chi connectivity index (χ0n) is 14.5. The summed E-state index contributed by atoms with van der Waals surface area (Å²) in [5.41, 5.74) is 0.494. The van der Waals surface area contributed by atoms with Gasteiger partial charge in [0.1, 0.15) is 5.56 Å². The van der Waals surface area contributed by atoms with E-state index in [4.69, 9.17) is 4.74 Å². The van der Waals surface area contributed by atoms with Crippen LogP contribution in [0.1, 0.15) is 43.5 Å². The molecule has 1 fully saturated rings. The molecule has 0 saturated carbocycles. The van der Waals surface area contributed by atoms with E-state index < -0.39 is 0 Å². The Labute approximate surface area is 139 Å². The van der Waals surface area contributed by atoms with Crippen LogP contribution in [0.25, 0.3) is 0 Å². The number of hydrogen-bond donors (Lipinski definition) is 1. The lowest BCUT2D eigenvalue weighted by atomic mass is 9.92. The van der Waals surface area contributed by atoms with Crippen LogP contribution in [0.4, 0.5) is 0 Å². The molecule has 23 heavy (non-hydrogen) atoms. The average Bonchev–Trinajstić information content (AvgIpc) is 2.53. The number of carbonyl (C=O) groups excluding carboxylic acids is 1. The lowest BCUT2D eigenvalue weighted by Crippen LogP contribution is -2.39. The molecule has 2 heterocycles. The van der Waals surface area contributed by atoms with Crippen molar-refractivity contribution in [3.8, 4) is 5.88 Å². The molecule has 0 aromatic carbocycles. The molecule has 1 aliphatic rings. The van der Waals surface area contributed by atoms with Crippen LogP contribution in [0.5, 0.6) is 5.88 Å². The van der Waals surface area contributed by atoms with Crippen molar-refractivity contribution < 1.29 is 9.53 Å². The topological polar surface area (TPSA) is 54.5 Å². The Kier molecular flexibility index (Phi) is 6.84. The number of methoxy groups -OCH3 is 1. The Morgan fingerprint density at radius 3 is 2.78 bits per heavy atom. The van der Waals surface area contributed by atoms with E-state index in [9.17, 15) is 4.79 Å². The third-order valence-electron chi connectivity index (χ3n) is 4.34. The average molecular weight is 319 g/mol. The number of hydrogen-bond acceptors (Lipinski definition) is 4. The van der Waals surface area contributed by atoms with Crippen LogP contribution in [0.3, 0.4) is 0 Å². The zero-order chi connectivity index (χ0) is 16.7. The van der Waals surface area contributed by atoms with Crippen molar-refractivity contribution in [2.75, 3.05) is 33.3 Å². The monoisotopic (exact) mass is 319 g/mol. The van der Waals surface area contributed by atoms with Gasteiger partial charge in [0.2, 0.25) is 5.88 Å². The van der Waals surface area contributed by atoms with Crippen LogP contribution in [-0.2, 0) is 0 Å². The number of rotatable bonds is 7. The van der Waals surface area contributed by atoms with Crippen LogP contribution < -0.4 is 10.1 Å². The molecule has 5 nitrogen and oxygen atoms in total. The highest BCUT2D eigenvalue weighted by molar-refractivity contribution is 5.96. The smallest absolute Gasteiger partial charge is 0.256 e. The van der Waals surface area contributed by atoms with E-state index >= 15 is 0 Å². The minimum Gasteiger partial charge on any atom is -0.480 e. The number of aromatic nitrogens is 1. The molecule has 1 N–H and O–H groups in total. The lowest BCUT2D eigenvalue weighted by molar-refractivity contribution is 0.0948. The van der Waals surface area contributed by atoms with Gasteiger partial charge in [-0.05, 0) is 49.8 Å². The maximum Gasteiger partial charge on any atom is 0.256 e. The number of carbonyl (C=O) groups is 1. The quantitative estimate of drug-likeness (QED) is 0.785. The first-order valence-electron chi connectivity index (χ1n) is 8.59. The van der Waals surface area contributed by atoms with Gasteiger partial charge < -0.3 is 15.0 Å². The number of piperidine rings is 1. The normalized spacial score (nSPS) is 21.9. The molecule has 5 heteroatoms. The van der Waals surface area contributed by atoms with Crippen LogP contribution in [0.2, 0.25) is 0 Å². The first-order chi connectivity index (χ1) is 11.1. The van der Waals surface area contributed by atoms with Crippen molar-refractivity contribution in [1.29, 1.82) is 0 Å². The first kappa shape index (κ1) is 17.7. The molecule has 1 aromatic heterocycles. The Morgan fingerprint density at radius 2 is 2.09 bits per heavy atom. The number of nitrogens with one attached hydrogen (secondary N) is 1. The molecule has 0 spiro atoms. The van der Waals surface area contributed by atoms with E-state index in [1.807, 2.05) is 0 Å². The van der Waals surface area contributed by atoms with Gasteiger partial charge in [-0.1, -0.05) is 13.8 Å². The molecule has 0 aliphatic carbocycles. The third kappa shape index (κ3) is 5.50. The molecule has 2 rings (SSSR count). The number of likely N-dealkylation sites (tertiary alicyclic amines) is 1. The molecule has 2 unspecified atom stereocenters. The maximum absolute atomic E-state index is 12.1. The second-order valence-electron chi connectivity index (χ2n) is 6.73. The highest BCUT2D eigenvalue weighted by Crippen LogP contribution is 2.21. The molecule has 128 valence electrons. The summed E-state index contributed by atoms with van der Waals surface area (Å²) < 4.78 is 5.11. The minimum absolute atomic E-state index is 0.116. The second-order valence-corrected chi connectivity index (χ2v) is 6.73. The summed E-state index contributed by atoms with van der Waals surface area (Å²) in [6.07, 6.45) is 5.08. The number of pyridine rings is 1. The van der Waals surface area contributed by atoms with Crippen molar-refractivity contribution in [2.24, 2.45) is 11.8 Å². The fourth-order valence-corrected chi connectivity index (χ4v) is 3.46. The number of amides is 1. The third-order valence-corrected chi connectivity index (χ3v) is 4.34. The summed E-state index contributed by atoms with van der Waals surface area (Å²) >= 11 is 0. The Hall–Kier alpha value is -1.62. The molecule has 1 aliphatic heterocycles. The molecule has 1 aromatic rings. The molecule has 0 bridgehead atoms. The van der Waals surface area contributed by atoms with Gasteiger partial charge in [0, 0.05) is 25.8 Å². The van der Waals surface area contributed by atoms with Crippen molar-refractivity contribution in [3.63, 3.8) is 0 Å². The first-order valence-corrected chi connectivity index (χ1v) is 8.59. The zero-order valence-corrected chi connectivity index (χ0v) is 14.5. The fourth-order valence-electron chi connectivity index (χ4n) is 3.46. The van der Waals surface area contributed by atoms with Crippen LogP contribution in [0.15, 0.2) is 18.3 Å². The summed E-state index contributed by atoms with van der Waals surface area (Å²) in [4.78, 5) is 18.7. The Bertz CT molecular complexity index is 497. The van der Waals surface area contributed by atoms with Crippen LogP contribution in [-0.4, -0.2) is 49.1 Å². The largest absolute Gasteiger partial charge is 0.480 e. The van der Waals surface area contributed by atoms with E-state index in [0.29, 0.717) is 18.0 Å². The van der Waals surface area contributed by atoms with E-state index in [2.05, 4.69) is 29.0 Å². The maximum atomic E-state index is 12.1. The molecule has 1 saturated heterocycles. The van der Waals surface area contributed by atoms with Gasteiger partial charge in [-0.2, -0.15) is 0 Å². The van der Waals surface area contributed by atoms with Gasteiger partial charge in [0.15, 0.2) is 0 Å². The summed E-state index contributed by atoms with van der Waals surface area (Å²) in [6, 6.07) is 3.48. The van der Waals surface area contributed by atoms with Crippen molar-refractivity contribution >= 4 is 5.91 Å². The number of unbranched alkanes of at least 4 members (excludes halogenated alkanes) is 1. The van der Waals surface area contributed by atoms with Gasteiger partial charge >= 0.3 is 0 Å². The summed E-state index contributed by atoms with van der Waals surface area (Å²) in [6.45, 7) is 8.91. The van der Waals surface area contributed by atoms with Gasteiger partial charge in [0.05, 0.1) is 7.11 Å². The lowest BCUT2D eigenvalue weighted by Gasteiger charge is -2.34. The van der Waals surface area contributed by atoms with E-state index in [1.165, 1.54) is 26.6 Å². The van der Waals surface area contributed by atoms with Gasteiger partial charge in [0.25, 0.3) is 5.91 Å². The van der Waals surface area contributed by atoms with Crippen molar-refractivity contribution in [3.05, 3.63) is 23.9 Å². The summed E-state index contributed by atoms with van der Waals surface area (Å²) in [5, 5.41) is 2.95. The fraction of sp³-hybridized carbons (Fsp3) is 0.667. The molecule has 1 amide bonds. The van der Waals surface area contributed by atoms with Crippen molar-refractivity contribution in [2.45, 2.75) is 33.1 Å². The second kappa shape index (κ2) is 8.87. The molecular weight excluding hydrogens is 290 g/mol. The molecular formula is C18H29N3O2. The predicted octanol–water partition coefficient (Wildman–Crippen LogP) is 2.58. The SMILES string of the molecule is COc1ncccc1C(=O)NCCCCN1CC(C)CC(C)C1. The van der Waals surface area contributed by atoms with E-state index in [-0.39, 0.29) is 5.91 Å². The molecule has 2 atom stereocenters. The standard InChI is InChI=1S/C18H29N3O2/c1-14-11-15(2)13-21(12-14)10-5-4-8-19-17(22)16-7-6-9-20-18(16)23-3/h6-7,9,14-15H,4-5,8,10-13H2,1-3H3,(H,19,22). The number of ether oxygens (including phenoxy) is 1. The Balaban J connectivity index is 1.66.